The van der Waals surface area contributed by atoms with Crippen LogP contribution in [0.25, 0.3) is 0 Å². The van der Waals surface area contributed by atoms with E-state index < -0.39 is 0 Å². The lowest BCUT2D eigenvalue weighted by atomic mass is 9.84. The van der Waals surface area contributed by atoms with Crippen LogP contribution in [-0.4, -0.2) is 29.3 Å². The van der Waals surface area contributed by atoms with Crippen LogP contribution in [0.5, 0.6) is 0 Å². The summed E-state index contributed by atoms with van der Waals surface area (Å²) in [5.41, 5.74) is -0.133. The van der Waals surface area contributed by atoms with Gasteiger partial charge in [0.15, 0.2) is 5.78 Å². The van der Waals surface area contributed by atoms with Gasteiger partial charge in [-0.1, -0.05) is 27.2 Å². The lowest BCUT2D eigenvalue weighted by Crippen LogP contribution is -2.52. The maximum absolute atomic E-state index is 12.4. The van der Waals surface area contributed by atoms with Gasteiger partial charge >= 0.3 is 0 Å². The highest BCUT2D eigenvalue weighted by Gasteiger charge is 2.40. The molecule has 1 heterocycles. The summed E-state index contributed by atoms with van der Waals surface area (Å²) < 4.78 is 0. The van der Waals surface area contributed by atoms with E-state index in [0.29, 0.717) is 5.78 Å². The van der Waals surface area contributed by atoms with Gasteiger partial charge in [-0.3, -0.25) is 9.69 Å². The monoisotopic (exact) mass is 225 g/mol. The summed E-state index contributed by atoms with van der Waals surface area (Å²) in [5.74, 6) is 0.487. The number of likely N-dealkylation sites (tertiary alicyclic amines) is 1. The van der Waals surface area contributed by atoms with E-state index in [1.807, 2.05) is 0 Å². The van der Waals surface area contributed by atoms with Crippen LogP contribution in [0.15, 0.2) is 0 Å². The fourth-order valence-corrected chi connectivity index (χ4v) is 2.98. The zero-order valence-electron chi connectivity index (χ0n) is 11.2. The molecule has 1 fully saturated rings. The summed E-state index contributed by atoms with van der Waals surface area (Å²) in [6.45, 7) is 8.75. The van der Waals surface area contributed by atoms with E-state index in [2.05, 4.69) is 25.7 Å². The number of unbranched alkanes of at least 4 members (excludes halogenated alkanes) is 1. The van der Waals surface area contributed by atoms with Gasteiger partial charge in [0.2, 0.25) is 0 Å². The molecule has 1 rings (SSSR count). The van der Waals surface area contributed by atoms with Gasteiger partial charge in [-0.25, -0.2) is 0 Å². The van der Waals surface area contributed by atoms with Crippen molar-refractivity contribution in [1.82, 2.24) is 4.90 Å². The Morgan fingerprint density at radius 2 is 1.69 bits per heavy atom. The summed E-state index contributed by atoms with van der Waals surface area (Å²) in [6, 6.07) is 0. The number of carbonyl (C=O) groups is 1. The van der Waals surface area contributed by atoms with E-state index in [1.54, 1.807) is 0 Å². The predicted molar refractivity (Wildman–Crippen MR) is 68.7 cm³/mol. The fraction of sp³-hybridized carbons (Fsp3) is 0.929. The minimum atomic E-state index is -0.133. The molecule has 0 radical (unpaired) electrons. The Bertz CT molecular complexity index is 215. The van der Waals surface area contributed by atoms with Crippen LogP contribution in [0.3, 0.4) is 0 Å². The summed E-state index contributed by atoms with van der Waals surface area (Å²) in [6.07, 6.45) is 7.43. The molecule has 0 aromatic carbocycles. The van der Waals surface area contributed by atoms with Crippen LogP contribution < -0.4 is 0 Å². The molecule has 0 atom stereocenters. The Morgan fingerprint density at radius 3 is 2.12 bits per heavy atom. The normalized spacial score (nSPS) is 17.9. The molecule has 0 aliphatic carbocycles. The molecule has 1 saturated heterocycles. The van der Waals surface area contributed by atoms with E-state index in [0.717, 1.165) is 45.2 Å². The SMILES string of the molecule is CCCCC(=O)C(CC)(CC)N1CCCC1. The van der Waals surface area contributed by atoms with Crippen LogP contribution >= 0.6 is 0 Å². The first-order valence-electron chi connectivity index (χ1n) is 6.99. The second-order valence-corrected chi connectivity index (χ2v) is 4.96. The molecule has 0 spiro atoms. The standard InChI is InChI=1S/C14H27NO/c1-4-7-10-13(16)14(5-2,6-3)15-11-8-9-12-15/h4-12H2,1-3H3. The number of hydrogen-bond acceptors (Lipinski definition) is 2. The average Bonchev–Trinajstić information content (AvgIpc) is 2.83. The third kappa shape index (κ3) is 2.65. The van der Waals surface area contributed by atoms with Crippen molar-refractivity contribution in [2.75, 3.05) is 13.1 Å². The molecule has 0 saturated carbocycles. The maximum Gasteiger partial charge on any atom is 0.153 e. The van der Waals surface area contributed by atoms with Gasteiger partial charge in [0.05, 0.1) is 5.54 Å². The third-order valence-corrected chi connectivity index (χ3v) is 4.16. The van der Waals surface area contributed by atoms with E-state index >= 15 is 0 Å². The topological polar surface area (TPSA) is 20.3 Å². The van der Waals surface area contributed by atoms with Gasteiger partial charge in [0, 0.05) is 6.42 Å². The van der Waals surface area contributed by atoms with Crippen molar-refractivity contribution in [3.63, 3.8) is 0 Å². The van der Waals surface area contributed by atoms with Crippen molar-refractivity contribution >= 4 is 5.78 Å². The second kappa shape index (κ2) is 6.39. The van der Waals surface area contributed by atoms with Gasteiger partial charge in [-0.05, 0) is 45.2 Å². The highest BCUT2D eigenvalue weighted by molar-refractivity contribution is 5.88. The number of Topliss-reactive ketones (excluding diaryl/α,β-unsaturated/α-hetero) is 1. The molecular weight excluding hydrogens is 198 g/mol. The Labute approximate surface area is 100 Å². The number of ketones is 1. The van der Waals surface area contributed by atoms with E-state index in [-0.39, 0.29) is 5.54 Å². The predicted octanol–water partition coefficient (Wildman–Crippen LogP) is 3.40. The molecule has 2 nitrogen and oxygen atoms in total. The molecule has 1 aliphatic rings. The lowest BCUT2D eigenvalue weighted by Gasteiger charge is -2.39. The minimum absolute atomic E-state index is 0.133. The molecule has 0 unspecified atom stereocenters. The van der Waals surface area contributed by atoms with E-state index in [4.69, 9.17) is 0 Å². The van der Waals surface area contributed by atoms with Crippen molar-refractivity contribution < 1.29 is 4.79 Å². The quantitative estimate of drug-likeness (QED) is 0.662. The van der Waals surface area contributed by atoms with Crippen molar-refractivity contribution in [1.29, 1.82) is 0 Å². The Kier molecular flexibility index (Phi) is 5.47. The van der Waals surface area contributed by atoms with Crippen LogP contribution in [0, 0.1) is 0 Å². The molecule has 0 bridgehead atoms. The molecule has 0 aromatic heterocycles. The molecule has 0 aromatic rings. The lowest BCUT2D eigenvalue weighted by molar-refractivity contribution is -0.131. The number of rotatable bonds is 7. The Morgan fingerprint density at radius 1 is 1.12 bits per heavy atom. The summed E-state index contributed by atoms with van der Waals surface area (Å²) >= 11 is 0. The highest BCUT2D eigenvalue weighted by Crippen LogP contribution is 2.30. The van der Waals surface area contributed by atoms with Crippen LogP contribution in [0.2, 0.25) is 0 Å². The van der Waals surface area contributed by atoms with E-state index in [1.165, 1.54) is 12.8 Å². The third-order valence-electron chi connectivity index (χ3n) is 4.16. The van der Waals surface area contributed by atoms with E-state index in [9.17, 15) is 4.79 Å². The number of hydrogen-bond donors (Lipinski definition) is 0. The van der Waals surface area contributed by atoms with Gasteiger partial charge in [-0.2, -0.15) is 0 Å². The Balaban J connectivity index is 2.73. The molecule has 1 aliphatic heterocycles. The maximum atomic E-state index is 12.4. The van der Waals surface area contributed by atoms with Gasteiger partial charge in [-0.15, -0.1) is 0 Å². The van der Waals surface area contributed by atoms with Gasteiger partial charge < -0.3 is 0 Å². The van der Waals surface area contributed by atoms with Crippen LogP contribution in [-0.2, 0) is 4.79 Å². The number of carbonyl (C=O) groups excluding carboxylic acids is 1. The zero-order valence-corrected chi connectivity index (χ0v) is 11.2. The first kappa shape index (κ1) is 13.7. The van der Waals surface area contributed by atoms with Gasteiger partial charge in [0.1, 0.15) is 0 Å². The van der Waals surface area contributed by atoms with Gasteiger partial charge in [0.25, 0.3) is 0 Å². The summed E-state index contributed by atoms with van der Waals surface area (Å²) in [4.78, 5) is 14.9. The van der Waals surface area contributed by atoms with Crippen LogP contribution in [0.1, 0.15) is 65.7 Å². The van der Waals surface area contributed by atoms with Crippen molar-refractivity contribution in [2.45, 2.75) is 71.3 Å². The smallest absolute Gasteiger partial charge is 0.153 e. The summed E-state index contributed by atoms with van der Waals surface area (Å²) in [5, 5.41) is 0. The Hall–Kier alpha value is -0.370. The first-order chi connectivity index (χ1) is 7.71. The van der Waals surface area contributed by atoms with Crippen LogP contribution in [0.4, 0.5) is 0 Å². The average molecular weight is 225 g/mol. The molecule has 0 N–H and O–H groups in total. The largest absolute Gasteiger partial charge is 0.298 e. The van der Waals surface area contributed by atoms with Crippen molar-refractivity contribution in [2.24, 2.45) is 0 Å². The van der Waals surface area contributed by atoms with Crippen molar-refractivity contribution in [3.05, 3.63) is 0 Å². The first-order valence-corrected chi connectivity index (χ1v) is 6.99. The zero-order chi connectivity index (χ0) is 12.0. The minimum Gasteiger partial charge on any atom is -0.298 e. The molecule has 16 heavy (non-hydrogen) atoms. The van der Waals surface area contributed by atoms with Crippen molar-refractivity contribution in [3.8, 4) is 0 Å². The second-order valence-electron chi connectivity index (χ2n) is 4.96. The molecule has 94 valence electrons. The molecule has 0 amide bonds. The summed E-state index contributed by atoms with van der Waals surface area (Å²) in [7, 11) is 0. The fourth-order valence-electron chi connectivity index (χ4n) is 2.98. The highest BCUT2D eigenvalue weighted by atomic mass is 16.1. The molecule has 2 heteroatoms. The molecular formula is C14H27NO. The number of nitrogens with zero attached hydrogens (tertiary/aromatic N) is 1.